The predicted octanol–water partition coefficient (Wildman–Crippen LogP) is 7.77. The number of anilines is 1. The number of carbonyl (C=O) groups is 1. The van der Waals surface area contributed by atoms with Gasteiger partial charge in [-0.1, -0.05) is 49.9 Å². The van der Waals surface area contributed by atoms with E-state index in [4.69, 9.17) is 0 Å². The standard InChI is InChI=1S/C30H24F3N5O2S2/c1-18(2)22-5-3-4-6-24(22)38-27(39)16-41-29(38)36-35-14-19-7-12-23-26(13-19)42-17-37-25(15-34-28(23)37)20-8-10-21(11-9-20)40-30(31,32)33/h3-15,18H,16-17H2,1-2H3. The molecule has 7 nitrogen and oxygen atoms in total. The van der Waals surface area contributed by atoms with E-state index >= 15 is 0 Å². The Morgan fingerprint density at radius 2 is 1.83 bits per heavy atom. The minimum Gasteiger partial charge on any atom is -0.406 e. The Bertz CT molecular complexity index is 1710. The first-order chi connectivity index (χ1) is 20.2. The molecule has 12 heteroatoms. The van der Waals surface area contributed by atoms with Crippen molar-refractivity contribution in [3.63, 3.8) is 0 Å². The number of amidine groups is 1. The van der Waals surface area contributed by atoms with Crippen molar-refractivity contribution in [1.82, 2.24) is 9.55 Å². The molecule has 42 heavy (non-hydrogen) atoms. The Balaban J connectivity index is 1.21. The minimum absolute atomic E-state index is 0.0207. The van der Waals surface area contributed by atoms with Crippen molar-refractivity contribution in [2.45, 2.75) is 36.9 Å². The van der Waals surface area contributed by atoms with Gasteiger partial charge in [0, 0.05) is 16.0 Å². The highest BCUT2D eigenvalue weighted by molar-refractivity contribution is 8.15. The summed E-state index contributed by atoms with van der Waals surface area (Å²) < 4.78 is 43.5. The quantitative estimate of drug-likeness (QED) is 0.165. The van der Waals surface area contributed by atoms with Crippen molar-refractivity contribution in [1.29, 1.82) is 0 Å². The SMILES string of the molecule is CC(C)c1ccccc1N1C(=O)CSC1=NN=Cc1ccc2c(c1)SCn1c(-c3ccc(OC(F)(F)F)cc3)cnc1-2. The third-order valence-corrected chi connectivity index (χ3v) is 8.70. The average molecular weight is 608 g/mol. The lowest BCUT2D eigenvalue weighted by atomic mass is 10.0. The molecular formula is C30H24F3N5O2S2. The van der Waals surface area contributed by atoms with Crippen molar-refractivity contribution in [3.05, 3.63) is 84.1 Å². The van der Waals surface area contributed by atoms with Gasteiger partial charge >= 0.3 is 6.36 Å². The van der Waals surface area contributed by atoms with Gasteiger partial charge in [-0.15, -0.1) is 30.0 Å². The van der Waals surface area contributed by atoms with Crippen molar-refractivity contribution >= 4 is 46.5 Å². The lowest BCUT2D eigenvalue weighted by Gasteiger charge is -2.21. The number of hydrogen-bond donors (Lipinski definition) is 0. The van der Waals surface area contributed by atoms with E-state index in [-0.39, 0.29) is 17.6 Å². The number of fused-ring (bicyclic) bond motifs is 3. The van der Waals surface area contributed by atoms with Gasteiger partial charge in [-0.2, -0.15) is 5.10 Å². The lowest BCUT2D eigenvalue weighted by molar-refractivity contribution is -0.274. The number of carbonyl (C=O) groups excluding carboxylic acids is 1. The molecule has 0 radical (unpaired) electrons. The molecule has 0 spiro atoms. The van der Waals surface area contributed by atoms with Crippen LogP contribution >= 0.6 is 23.5 Å². The molecule has 4 aromatic rings. The minimum atomic E-state index is -4.73. The summed E-state index contributed by atoms with van der Waals surface area (Å²) >= 11 is 2.99. The summed E-state index contributed by atoms with van der Waals surface area (Å²) in [6.07, 6.45) is -1.34. The number of hydrogen-bond acceptors (Lipinski definition) is 7. The monoisotopic (exact) mass is 607 g/mol. The van der Waals surface area contributed by atoms with Gasteiger partial charge < -0.3 is 9.30 Å². The van der Waals surface area contributed by atoms with Crippen LogP contribution in [0.2, 0.25) is 0 Å². The molecule has 1 amide bonds. The Hall–Kier alpha value is -4.03. The van der Waals surface area contributed by atoms with Gasteiger partial charge in [-0.3, -0.25) is 9.69 Å². The van der Waals surface area contributed by atoms with Crippen LogP contribution in [0.25, 0.3) is 22.6 Å². The molecular weight excluding hydrogens is 583 g/mol. The smallest absolute Gasteiger partial charge is 0.406 e. The lowest BCUT2D eigenvalue weighted by Crippen LogP contribution is -2.30. The van der Waals surface area contributed by atoms with E-state index in [1.165, 1.54) is 23.9 Å². The van der Waals surface area contributed by atoms with Crippen LogP contribution in [0.4, 0.5) is 18.9 Å². The van der Waals surface area contributed by atoms with Gasteiger partial charge in [0.1, 0.15) is 11.6 Å². The van der Waals surface area contributed by atoms with Crippen LogP contribution in [0.1, 0.15) is 30.9 Å². The fourth-order valence-corrected chi connectivity index (χ4v) is 6.71. The molecule has 0 unspecified atom stereocenters. The third kappa shape index (κ3) is 5.68. The zero-order chi connectivity index (χ0) is 29.4. The van der Waals surface area contributed by atoms with E-state index < -0.39 is 6.36 Å². The molecule has 0 bridgehead atoms. The Labute approximate surface area is 248 Å². The molecule has 1 fully saturated rings. The highest BCUT2D eigenvalue weighted by atomic mass is 32.2. The second kappa shape index (κ2) is 11.3. The van der Waals surface area contributed by atoms with Crippen LogP contribution in [-0.2, 0) is 10.7 Å². The van der Waals surface area contributed by atoms with Crippen molar-refractivity contribution in [3.8, 4) is 28.4 Å². The molecule has 1 saturated heterocycles. The van der Waals surface area contributed by atoms with Crippen LogP contribution < -0.4 is 9.64 Å². The van der Waals surface area contributed by atoms with E-state index in [1.807, 2.05) is 47.0 Å². The maximum Gasteiger partial charge on any atom is 0.573 e. The summed E-state index contributed by atoms with van der Waals surface area (Å²) in [4.78, 5) is 20.0. The molecule has 1 aromatic heterocycles. The van der Waals surface area contributed by atoms with Crippen LogP contribution in [0, 0.1) is 0 Å². The first-order valence-corrected chi connectivity index (χ1v) is 15.0. The van der Waals surface area contributed by atoms with Crippen LogP contribution in [-0.4, -0.2) is 39.0 Å². The van der Waals surface area contributed by atoms with Crippen molar-refractivity contribution in [2.75, 3.05) is 10.7 Å². The zero-order valence-corrected chi connectivity index (χ0v) is 24.1. The van der Waals surface area contributed by atoms with Crippen LogP contribution in [0.15, 0.2) is 88.0 Å². The van der Waals surface area contributed by atoms with Crippen LogP contribution in [0.3, 0.4) is 0 Å². The number of benzene rings is 3. The molecule has 214 valence electrons. The van der Waals surface area contributed by atoms with Gasteiger partial charge in [0.25, 0.3) is 0 Å². The molecule has 3 aromatic carbocycles. The number of rotatable bonds is 6. The second-order valence-corrected chi connectivity index (χ2v) is 11.8. The van der Waals surface area contributed by atoms with E-state index in [0.717, 1.165) is 44.4 Å². The maximum absolute atomic E-state index is 12.7. The topological polar surface area (TPSA) is 72.1 Å². The van der Waals surface area contributed by atoms with Gasteiger partial charge in [0.15, 0.2) is 5.17 Å². The van der Waals surface area contributed by atoms with Gasteiger partial charge in [0.2, 0.25) is 5.91 Å². The molecule has 0 saturated carbocycles. The molecule has 3 heterocycles. The molecule has 0 N–H and O–H groups in total. The number of imidazole rings is 1. The normalized spacial score (nSPS) is 16.0. The predicted molar refractivity (Wildman–Crippen MR) is 161 cm³/mol. The van der Waals surface area contributed by atoms with Crippen LogP contribution in [0.5, 0.6) is 5.75 Å². The number of aromatic nitrogens is 2. The average Bonchev–Trinajstić information content (AvgIpc) is 3.56. The summed E-state index contributed by atoms with van der Waals surface area (Å²) in [7, 11) is 0. The Kier molecular flexibility index (Phi) is 7.58. The first kappa shape index (κ1) is 28.1. The molecule has 0 aliphatic carbocycles. The van der Waals surface area contributed by atoms with E-state index in [1.54, 1.807) is 41.2 Å². The fraction of sp³-hybridized carbons (Fsp3) is 0.200. The van der Waals surface area contributed by atoms with Gasteiger partial charge in [-0.25, -0.2) is 4.98 Å². The van der Waals surface area contributed by atoms with Crippen molar-refractivity contribution in [2.24, 2.45) is 10.2 Å². The number of para-hydroxylation sites is 1. The number of ether oxygens (including phenoxy) is 1. The number of halogens is 3. The summed E-state index contributed by atoms with van der Waals surface area (Å²) in [5.74, 6) is 1.64. The van der Waals surface area contributed by atoms with E-state index in [2.05, 4.69) is 33.8 Å². The Morgan fingerprint density at radius 1 is 1.05 bits per heavy atom. The van der Waals surface area contributed by atoms with E-state index in [9.17, 15) is 18.0 Å². The number of alkyl halides is 3. The summed E-state index contributed by atoms with van der Waals surface area (Å²) in [5, 5.41) is 9.26. The van der Waals surface area contributed by atoms with Gasteiger partial charge in [-0.05, 0) is 59.5 Å². The molecule has 2 aliphatic heterocycles. The molecule has 6 rings (SSSR count). The summed E-state index contributed by atoms with van der Waals surface area (Å²) in [6.45, 7) is 4.19. The zero-order valence-electron chi connectivity index (χ0n) is 22.5. The fourth-order valence-electron chi connectivity index (χ4n) is 4.83. The summed E-state index contributed by atoms with van der Waals surface area (Å²) in [5.41, 5.74) is 5.26. The summed E-state index contributed by atoms with van der Waals surface area (Å²) in [6, 6.07) is 19.5. The first-order valence-electron chi connectivity index (χ1n) is 13.0. The van der Waals surface area contributed by atoms with Crippen molar-refractivity contribution < 1.29 is 22.7 Å². The number of nitrogens with zero attached hydrogens (tertiary/aromatic N) is 5. The maximum atomic E-state index is 12.7. The number of amides is 1. The third-order valence-electron chi connectivity index (χ3n) is 6.75. The Morgan fingerprint density at radius 3 is 2.60 bits per heavy atom. The second-order valence-electron chi connectivity index (χ2n) is 9.85. The van der Waals surface area contributed by atoms with E-state index in [0.29, 0.717) is 16.8 Å². The number of thioether (sulfide) groups is 2. The molecule has 2 aliphatic rings. The molecule has 0 atom stereocenters. The highest BCUT2D eigenvalue weighted by Gasteiger charge is 2.32. The van der Waals surface area contributed by atoms with Gasteiger partial charge in [0.05, 0.1) is 35.4 Å². The largest absolute Gasteiger partial charge is 0.573 e. The highest BCUT2D eigenvalue weighted by Crippen LogP contribution is 2.41.